The summed E-state index contributed by atoms with van der Waals surface area (Å²) in [6, 6.07) is 10.6. The number of nitrogens with two attached hydrogens (primary N) is 1. The molecule has 2 aromatic heterocycles. The fourth-order valence-electron chi connectivity index (χ4n) is 2.56. The van der Waals surface area contributed by atoms with Crippen LogP contribution < -0.4 is 11.3 Å². The Morgan fingerprint density at radius 3 is 2.90 bits per heavy atom. The minimum atomic E-state index is 0.197. The summed E-state index contributed by atoms with van der Waals surface area (Å²) in [6.07, 6.45) is 1.75. The molecule has 0 radical (unpaired) electrons. The van der Waals surface area contributed by atoms with Gasteiger partial charge in [0.2, 0.25) is 0 Å². The molecule has 0 aliphatic rings. The van der Waals surface area contributed by atoms with E-state index in [4.69, 9.17) is 5.84 Å². The summed E-state index contributed by atoms with van der Waals surface area (Å²) in [5.41, 5.74) is 6.50. The molecule has 4 nitrogen and oxygen atoms in total. The number of fused-ring (bicyclic) bond motifs is 1. The fraction of sp³-hybridized carbons (Fsp3) is 0.267. The third-order valence-corrected chi connectivity index (χ3v) is 4.30. The summed E-state index contributed by atoms with van der Waals surface area (Å²) in [5.74, 6) is 5.71. The number of aryl methyl sites for hydroxylation is 1. The number of hydrogen-bond acceptors (Lipinski definition) is 4. The average molecular weight is 286 g/mol. The number of hydrazine groups is 1. The Balaban J connectivity index is 1.84. The molecule has 0 aliphatic heterocycles. The van der Waals surface area contributed by atoms with Crippen molar-refractivity contribution in [3.63, 3.8) is 0 Å². The third-order valence-electron chi connectivity index (χ3n) is 3.57. The van der Waals surface area contributed by atoms with E-state index in [1.165, 1.54) is 10.9 Å². The lowest BCUT2D eigenvalue weighted by molar-refractivity contribution is 0.516. The second-order valence-corrected chi connectivity index (χ2v) is 5.77. The zero-order chi connectivity index (χ0) is 13.9. The smallest absolute Gasteiger partial charge is 0.0719 e. The van der Waals surface area contributed by atoms with Crippen LogP contribution in [0.25, 0.3) is 10.9 Å². The van der Waals surface area contributed by atoms with Crippen LogP contribution in [0.2, 0.25) is 0 Å². The molecule has 1 atom stereocenters. The van der Waals surface area contributed by atoms with Crippen LogP contribution in [0.3, 0.4) is 0 Å². The molecule has 1 unspecified atom stereocenters. The van der Waals surface area contributed by atoms with Crippen LogP contribution in [-0.2, 0) is 19.9 Å². The molecule has 5 heteroatoms. The number of aromatic nitrogens is 2. The largest absolute Gasteiger partial charge is 0.271 e. The Labute approximate surface area is 122 Å². The topological polar surface area (TPSA) is 55.9 Å². The van der Waals surface area contributed by atoms with Crippen molar-refractivity contribution in [1.29, 1.82) is 0 Å². The van der Waals surface area contributed by atoms with E-state index in [2.05, 4.69) is 45.6 Å². The van der Waals surface area contributed by atoms with E-state index in [0.717, 1.165) is 24.1 Å². The number of thiophene rings is 1. The van der Waals surface area contributed by atoms with Gasteiger partial charge in [0.05, 0.1) is 11.2 Å². The summed E-state index contributed by atoms with van der Waals surface area (Å²) < 4.78 is 1.93. The summed E-state index contributed by atoms with van der Waals surface area (Å²) in [6.45, 7) is 0. The lowest BCUT2D eigenvalue weighted by Gasteiger charge is -2.13. The molecule has 3 rings (SSSR count). The zero-order valence-corrected chi connectivity index (χ0v) is 12.2. The van der Waals surface area contributed by atoms with Gasteiger partial charge in [-0.05, 0) is 34.9 Å². The van der Waals surface area contributed by atoms with Crippen LogP contribution in [0.4, 0.5) is 0 Å². The molecule has 2 heterocycles. The van der Waals surface area contributed by atoms with Gasteiger partial charge in [0, 0.05) is 24.9 Å². The predicted molar refractivity (Wildman–Crippen MR) is 83.6 cm³/mol. The van der Waals surface area contributed by atoms with Crippen molar-refractivity contribution < 1.29 is 0 Å². The molecule has 0 fully saturated rings. The lowest BCUT2D eigenvalue weighted by Crippen LogP contribution is -2.38. The Morgan fingerprint density at radius 2 is 2.15 bits per heavy atom. The molecule has 0 amide bonds. The van der Waals surface area contributed by atoms with Crippen LogP contribution in [0.15, 0.2) is 41.1 Å². The first-order chi connectivity index (χ1) is 9.78. The van der Waals surface area contributed by atoms with Crippen molar-refractivity contribution in [2.24, 2.45) is 12.9 Å². The summed E-state index contributed by atoms with van der Waals surface area (Å²) in [7, 11) is 1.98. The average Bonchev–Trinajstić information content (AvgIpc) is 3.08. The Kier molecular flexibility index (Phi) is 3.82. The van der Waals surface area contributed by atoms with E-state index in [1.54, 1.807) is 11.3 Å². The maximum Gasteiger partial charge on any atom is 0.0719 e. The van der Waals surface area contributed by atoms with Gasteiger partial charge in [0.1, 0.15) is 0 Å². The molecule has 0 saturated carbocycles. The second kappa shape index (κ2) is 5.75. The van der Waals surface area contributed by atoms with Crippen LogP contribution in [0, 0.1) is 0 Å². The highest BCUT2D eigenvalue weighted by Crippen LogP contribution is 2.19. The Morgan fingerprint density at radius 1 is 1.30 bits per heavy atom. The van der Waals surface area contributed by atoms with E-state index >= 15 is 0 Å². The zero-order valence-electron chi connectivity index (χ0n) is 11.4. The summed E-state index contributed by atoms with van der Waals surface area (Å²) in [4.78, 5) is 0. The third kappa shape index (κ3) is 2.60. The maximum absolute atomic E-state index is 5.71. The normalized spacial score (nSPS) is 12.9. The fourth-order valence-corrected chi connectivity index (χ4v) is 3.24. The van der Waals surface area contributed by atoms with E-state index in [9.17, 15) is 0 Å². The molecule has 0 bridgehead atoms. The van der Waals surface area contributed by atoms with E-state index < -0.39 is 0 Å². The van der Waals surface area contributed by atoms with E-state index in [-0.39, 0.29) is 6.04 Å². The van der Waals surface area contributed by atoms with Crippen molar-refractivity contribution in [3.05, 3.63) is 52.3 Å². The molecule has 0 aliphatic carbocycles. The number of para-hydroxylation sites is 1. The standard InChI is InChI=1S/C15H18N4S/c1-19-15-5-3-2-4-13(15)14(18-19)9-12(17-16)8-11-6-7-20-10-11/h2-7,10,12,17H,8-9,16H2,1H3. The van der Waals surface area contributed by atoms with Crippen molar-refractivity contribution in [2.75, 3.05) is 0 Å². The SMILES string of the molecule is Cn1nc(CC(Cc2ccsc2)NN)c2ccccc21. The van der Waals surface area contributed by atoms with Gasteiger partial charge in [-0.1, -0.05) is 18.2 Å². The number of nitrogens with zero attached hydrogens (tertiary/aromatic N) is 2. The molecule has 0 spiro atoms. The van der Waals surface area contributed by atoms with Crippen LogP contribution in [0.5, 0.6) is 0 Å². The van der Waals surface area contributed by atoms with E-state index in [1.807, 2.05) is 17.8 Å². The van der Waals surface area contributed by atoms with Crippen molar-refractivity contribution >= 4 is 22.2 Å². The lowest BCUT2D eigenvalue weighted by atomic mass is 10.0. The van der Waals surface area contributed by atoms with Crippen LogP contribution >= 0.6 is 11.3 Å². The van der Waals surface area contributed by atoms with E-state index in [0.29, 0.717) is 0 Å². The Hall–Kier alpha value is -1.69. The number of rotatable bonds is 5. The molecule has 3 N–H and O–H groups in total. The van der Waals surface area contributed by atoms with Gasteiger partial charge in [0.25, 0.3) is 0 Å². The minimum Gasteiger partial charge on any atom is -0.271 e. The van der Waals surface area contributed by atoms with Gasteiger partial charge in [-0.15, -0.1) is 0 Å². The van der Waals surface area contributed by atoms with Gasteiger partial charge in [-0.25, -0.2) is 0 Å². The summed E-state index contributed by atoms with van der Waals surface area (Å²) in [5, 5.41) is 10.1. The quantitative estimate of drug-likeness (QED) is 0.559. The van der Waals surface area contributed by atoms with Crippen molar-refractivity contribution in [1.82, 2.24) is 15.2 Å². The van der Waals surface area contributed by atoms with Crippen LogP contribution in [-0.4, -0.2) is 15.8 Å². The number of benzene rings is 1. The molecular weight excluding hydrogens is 268 g/mol. The second-order valence-electron chi connectivity index (χ2n) is 4.99. The first kappa shape index (κ1) is 13.3. The molecule has 1 aromatic carbocycles. The van der Waals surface area contributed by atoms with Gasteiger partial charge < -0.3 is 0 Å². The Bertz CT molecular complexity index is 687. The molecule has 3 aromatic rings. The first-order valence-corrected chi connectivity index (χ1v) is 7.60. The highest BCUT2D eigenvalue weighted by Gasteiger charge is 2.14. The van der Waals surface area contributed by atoms with Crippen molar-refractivity contribution in [2.45, 2.75) is 18.9 Å². The number of hydrogen-bond donors (Lipinski definition) is 2. The van der Waals surface area contributed by atoms with Gasteiger partial charge in [0.15, 0.2) is 0 Å². The number of nitrogens with one attached hydrogen (secondary N) is 1. The van der Waals surface area contributed by atoms with Crippen LogP contribution in [0.1, 0.15) is 11.3 Å². The predicted octanol–water partition coefficient (Wildman–Crippen LogP) is 2.25. The summed E-state index contributed by atoms with van der Waals surface area (Å²) >= 11 is 1.72. The molecular formula is C15H18N4S. The van der Waals surface area contributed by atoms with Gasteiger partial charge >= 0.3 is 0 Å². The highest BCUT2D eigenvalue weighted by atomic mass is 32.1. The molecule has 0 saturated heterocycles. The molecule has 104 valence electrons. The van der Waals surface area contributed by atoms with Crippen molar-refractivity contribution in [3.8, 4) is 0 Å². The minimum absolute atomic E-state index is 0.197. The monoisotopic (exact) mass is 286 g/mol. The van der Waals surface area contributed by atoms with Gasteiger partial charge in [-0.2, -0.15) is 16.4 Å². The highest BCUT2D eigenvalue weighted by molar-refractivity contribution is 7.07. The molecule has 20 heavy (non-hydrogen) atoms. The maximum atomic E-state index is 5.71. The van der Waals surface area contributed by atoms with Gasteiger partial charge in [-0.3, -0.25) is 16.0 Å². The first-order valence-electron chi connectivity index (χ1n) is 6.65.